The number of nitrogens with two attached hydrogens (primary N) is 1. The fourth-order valence-electron chi connectivity index (χ4n) is 1.29. The largest absolute Gasteiger partial charge is 0.356 e. The third-order valence-electron chi connectivity index (χ3n) is 2.69. The maximum Gasteiger partial charge on any atom is 0.221 e. The van der Waals surface area contributed by atoms with Gasteiger partial charge in [0, 0.05) is 31.0 Å². The van der Waals surface area contributed by atoms with E-state index in [1.54, 1.807) is 0 Å². The van der Waals surface area contributed by atoms with Crippen LogP contribution >= 0.6 is 0 Å². The summed E-state index contributed by atoms with van der Waals surface area (Å²) in [6, 6.07) is 0.186. The molecule has 0 saturated carbocycles. The molecular formula is C13H27N3O2. The molecule has 0 aromatic carbocycles. The van der Waals surface area contributed by atoms with E-state index in [4.69, 9.17) is 5.73 Å². The number of carbonyl (C=O) groups excluding carboxylic acids is 2. The Hall–Kier alpha value is -1.10. The molecular weight excluding hydrogens is 230 g/mol. The van der Waals surface area contributed by atoms with Crippen molar-refractivity contribution in [1.82, 2.24) is 10.6 Å². The molecule has 2 amide bonds. The van der Waals surface area contributed by atoms with Crippen molar-refractivity contribution in [2.45, 2.75) is 65.0 Å². The Balaban J connectivity index is 3.65. The lowest BCUT2D eigenvalue weighted by atomic mass is 10.00. The van der Waals surface area contributed by atoms with Gasteiger partial charge in [-0.1, -0.05) is 6.92 Å². The molecule has 5 heteroatoms. The van der Waals surface area contributed by atoms with Crippen molar-refractivity contribution in [3.05, 3.63) is 0 Å². The van der Waals surface area contributed by atoms with Gasteiger partial charge in [-0.3, -0.25) is 9.59 Å². The highest BCUT2D eigenvalue weighted by atomic mass is 16.2. The zero-order valence-electron chi connectivity index (χ0n) is 12.0. The number of nitrogens with one attached hydrogen (secondary N) is 2. The van der Waals surface area contributed by atoms with Crippen LogP contribution in [0.4, 0.5) is 0 Å². The summed E-state index contributed by atoms with van der Waals surface area (Å²) in [4.78, 5) is 22.9. The molecule has 0 aromatic heterocycles. The van der Waals surface area contributed by atoms with E-state index >= 15 is 0 Å². The third kappa shape index (κ3) is 10.1. The molecule has 0 aliphatic carbocycles. The zero-order valence-corrected chi connectivity index (χ0v) is 12.0. The first kappa shape index (κ1) is 16.9. The van der Waals surface area contributed by atoms with Gasteiger partial charge in [0.2, 0.25) is 11.8 Å². The highest BCUT2D eigenvalue weighted by Gasteiger charge is 2.13. The smallest absolute Gasteiger partial charge is 0.221 e. The van der Waals surface area contributed by atoms with Crippen LogP contribution in [-0.2, 0) is 9.59 Å². The number of amides is 2. The van der Waals surface area contributed by atoms with Crippen molar-refractivity contribution in [2.24, 2.45) is 5.73 Å². The van der Waals surface area contributed by atoms with Gasteiger partial charge in [-0.25, -0.2) is 0 Å². The Kier molecular flexibility index (Phi) is 7.59. The lowest BCUT2D eigenvalue weighted by molar-refractivity contribution is -0.122. The van der Waals surface area contributed by atoms with E-state index in [2.05, 4.69) is 10.6 Å². The van der Waals surface area contributed by atoms with Crippen LogP contribution in [-0.4, -0.2) is 29.9 Å². The number of hydrogen-bond acceptors (Lipinski definition) is 3. The first-order chi connectivity index (χ1) is 8.24. The first-order valence-electron chi connectivity index (χ1n) is 6.59. The standard InChI is InChI=1S/C13H27N3O2/c1-5-10(2)16-12(18)7-9-15-11(17)6-8-13(3,4)14/h10H,5-9,14H2,1-4H3,(H,15,17)(H,16,18). The Morgan fingerprint density at radius 2 is 1.83 bits per heavy atom. The van der Waals surface area contributed by atoms with Crippen LogP contribution in [0.2, 0.25) is 0 Å². The van der Waals surface area contributed by atoms with Gasteiger partial charge >= 0.3 is 0 Å². The minimum absolute atomic E-state index is 0.0243. The van der Waals surface area contributed by atoms with Crippen molar-refractivity contribution in [1.29, 1.82) is 0 Å². The van der Waals surface area contributed by atoms with E-state index < -0.39 is 0 Å². The average molecular weight is 257 g/mol. The quantitative estimate of drug-likeness (QED) is 0.604. The minimum Gasteiger partial charge on any atom is -0.356 e. The molecule has 4 N–H and O–H groups in total. The summed E-state index contributed by atoms with van der Waals surface area (Å²) in [5.74, 6) is -0.0753. The zero-order chi connectivity index (χ0) is 14.2. The molecule has 106 valence electrons. The fraction of sp³-hybridized carbons (Fsp3) is 0.846. The van der Waals surface area contributed by atoms with Crippen LogP contribution < -0.4 is 16.4 Å². The summed E-state index contributed by atoms with van der Waals surface area (Å²) >= 11 is 0. The molecule has 0 spiro atoms. The van der Waals surface area contributed by atoms with Gasteiger partial charge in [0.25, 0.3) is 0 Å². The summed E-state index contributed by atoms with van der Waals surface area (Å²) in [5.41, 5.74) is 5.46. The molecule has 0 aliphatic rings. The SMILES string of the molecule is CCC(C)NC(=O)CCNC(=O)CCC(C)(C)N. The summed E-state index contributed by atoms with van der Waals surface area (Å²) in [5, 5.41) is 5.57. The predicted molar refractivity (Wildman–Crippen MR) is 73.0 cm³/mol. The Labute approximate surface area is 110 Å². The Morgan fingerprint density at radius 3 is 2.33 bits per heavy atom. The maximum absolute atomic E-state index is 11.5. The van der Waals surface area contributed by atoms with Crippen LogP contribution in [0.25, 0.3) is 0 Å². The van der Waals surface area contributed by atoms with E-state index in [1.165, 1.54) is 0 Å². The predicted octanol–water partition coefficient (Wildman–Crippen LogP) is 0.925. The molecule has 1 atom stereocenters. The van der Waals surface area contributed by atoms with Gasteiger partial charge in [-0.15, -0.1) is 0 Å². The molecule has 0 aromatic rings. The van der Waals surface area contributed by atoms with Gasteiger partial charge in [0.15, 0.2) is 0 Å². The van der Waals surface area contributed by atoms with Crippen molar-refractivity contribution >= 4 is 11.8 Å². The summed E-state index contributed by atoms with van der Waals surface area (Å²) in [6.45, 7) is 8.13. The molecule has 0 heterocycles. The summed E-state index contributed by atoms with van der Waals surface area (Å²) in [6.07, 6.45) is 2.26. The normalized spacial score (nSPS) is 12.9. The first-order valence-corrected chi connectivity index (χ1v) is 6.59. The second-order valence-corrected chi connectivity index (χ2v) is 5.47. The van der Waals surface area contributed by atoms with E-state index in [9.17, 15) is 9.59 Å². The molecule has 0 bridgehead atoms. The van der Waals surface area contributed by atoms with Crippen molar-refractivity contribution < 1.29 is 9.59 Å². The number of rotatable bonds is 8. The van der Waals surface area contributed by atoms with Gasteiger partial charge < -0.3 is 16.4 Å². The van der Waals surface area contributed by atoms with E-state index in [0.29, 0.717) is 25.8 Å². The molecule has 0 aliphatic heterocycles. The van der Waals surface area contributed by atoms with Crippen LogP contribution in [0.1, 0.15) is 53.4 Å². The molecule has 0 radical (unpaired) electrons. The number of hydrogen-bond donors (Lipinski definition) is 3. The molecule has 0 fully saturated rings. The van der Waals surface area contributed by atoms with E-state index in [-0.39, 0.29) is 23.4 Å². The van der Waals surface area contributed by atoms with Gasteiger partial charge in [0.1, 0.15) is 0 Å². The summed E-state index contributed by atoms with van der Waals surface area (Å²) in [7, 11) is 0. The van der Waals surface area contributed by atoms with Gasteiger partial charge in [-0.05, 0) is 33.6 Å². The fourth-order valence-corrected chi connectivity index (χ4v) is 1.29. The monoisotopic (exact) mass is 257 g/mol. The van der Waals surface area contributed by atoms with Crippen molar-refractivity contribution in [2.75, 3.05) is 6.54 Å². The van der Waals surface area contributed by atoms with E-state index in [0.717, 1.165) is 6.42 Å². The highest BCUT2D eigenvalue weighted by molar-refractivity contribution is 5.79. The topological polar surface area (TPSA) is 84.2 Å². The number of carbonyl (C=O) groups is 2. The lowest BCUT2D eigenvalue weighted by Gasteiger charge is -2.17. The molecule has 0 rings (SSSR count). The van der Waals surface area contributed by atoms with Crippen LogP contribution in [0, 0.1) is 0 Å². The molecule has 1 unspecified atom stereocenters. The minimum atomic E-state index is -0.328. The van der Waals surface area contributed by atoms with Crippen molar-refractivity contribution in [3.63, 3.8) is 0 Å². The Morgan fingerprint density at radius 1 is 1.22 bits per heavy atom. The summed E-state index contributed by atoms with van der Waals surface area (Å²) < 4.78 is 0. The third-order valence-corrected chi connectivity index (χ3v) is 2.69. The van der Waals surface area contributed by atoms with Gasteiger partial charge in [-0.2, -0.15) is 0 Å². The van der Waals surface area contributed by atoms with Crippen LogP contribution in [0.5, 0.6) is 0 Å². The molecule has 18 heavy (non-hydrogen) atoms. The Bertz CT molecular complexity index is 272. The van der Waals surface area contributed by atoms with E-state index in [1.807, 2.05) is 27.7 Å². The van der Waals surface area contributed by atoms with Crippen molar-refractivity contribution in [3.8, 4) is 0 Å². The maximum atomic E-state index is 11.5. The molecule has 5 nitrogen and oxygen atoms in total. The second kappa shape index (κ2) is 8.08. The lowest BCUT2D eigenvalue weighted by Crippen LogP contribution is -2.36. The van der Waals surface area contributed by atoms with Crippen LogP contribution in [0.15, 0.2) is 0 Å². The highest BCUT2D eigenvalue weighted by Crippen LogP contribution is 2.06. The second-order valence-electron chi connectivity index (χ2n) is 5.47. The van der Waals surface area contributed by atoms with Crippen LogP contribution in [0.3, 0.4) is 0 Å². The van der Waals surface area contributed by atoms with Gasteiger partial charge in [0.05, 0.1) is 0 Å². The molecule has 0 saturated heterocycles. The average Bonchev–Trinajstić information content (AvgIpc) is 2.25.